The average Bonchev–Trinajstić information content (AvgIpc) is 2.26. The van der Waals surface area contributed by atoms with Crippen LogP contribution in [0.1, 0.15) is 18.5 Å². The Bertz CT molecular complexity index is 463. The minimum Gasteiger partial charge on any atom is -0.481 e. The van der Waals surface area contributed by atoms with Crippen molar-refractivity contribution in [2.75, 3.05) is 6.61 Å². The van der Waals surface area contributed by atoms with Crippen molar-refractivity contribution in [3.8, 4) is 5.75 Å². The molecule has 0 aliphatic heterocycles. The van der Waals surface area contributed by atoms with E-state index in [-0.39, 0.29) is 11.8 Å². The van der Waals surface area contributed by atoms with Crippen molar-refractivity contribution < 1.29 is 18.7 Å². The van der Waals surface area contributed by atoms with Gasteiger partial charge in [-0.15, -0.1) is 0 Å². The number of rotatable bonds is 4. The number of primary amides is 1. The number of nitrogens with one attached hydrogen (secondary N) is 1. The van der Waals surface area contributed by atoms with E-state index in [4.69, 9.17) is 16.2 Å². The molecule has 0 radical (unpaired) electrons. The Labute approximate surface area is 103 Å². The van der Waals surface area contributed by atoms with Crippen LogP contribution < -0.4 is 21.5 Å². The van der Waals surface area contributed by atoms with Gasteiger partial charge in [0.05, 0.1) is 0 Å². The monoisotopic (exact) mass is 255 g/mol. The topological polar surface area (TPSA) is 107 Å². The number of imide groups is 1. The normalized spacial score (nSPS) is 11.7. The summed E-state index contributed by atoms with van der Waals surface area (Å²) in [5.41, 5.74) is 10.9. The molecular weight excluding hydrogens is 241 g/mol. The summed E-state index contributed by atoms with van der Waals surface area (Å²) in [5.74, 6) is -1.48. The maximum atomic E-state index is 13.5. The van der Waals surface area contributed by atoms with E-state index < -0.39 is 24.4 Å². The van der Waals surface area contributed by atoms with Gasteiger partial charge in [-0.25, -0.2) is 9.18 Å². The number of hydrogen-bond donors (Lipinski definition) is 3. The molecule has 3 amide bonds. The van der Waals surface area contributed by atoms with Crippen LogP contribution in [0.4, 0.5) is 9.18 Å². The molecule has 5 N–H and O–H groups in total. The molecule has 98 valence electrons. The number of carbonyl (C=O) groups is 2. The van der Waals surface area contributed by atoms with Gasteiger partial charge in [-0.05, 0) is 24.6 Å². The van der Waals surface area contributed by atoms with E-state index in [1.165, 1.54) is 12.1 Å². The summed E-state index contributed by atoms with van der Waals surface area (Å²) in [6.07, 6.45) is 0. The highest BCUT2D eigenvalue weighted by Crippen LogP contribution is 2.20. The Morgan fingerprint density at radius 3 is 2.67 bits per heavy atom. The first-order chi connectivity index (χ1) is 8.40. The fourth-order valence-electron chi connectivity index (χ4n) is 1.23. The summed E-state index contributed by atoms with van der Waals surface area (Å²) < 4.78 is 18.4. The third-order valence-electron chi connectivity index (χ3n) is 2.10. The third kappa shape index (κ3) is 4.02. The maximum Gasteiger partial charge on any atom is 0.318 e. The van der Waals surface area contributed by atoms with E-state index in [9.17, 15) is 14.0 Å². The highest BCUT2D eigenvalue weighted by Gasteiger charge is 2.10. The summed E-state index contributed by atoms with van der Waals surface area (Å²) in [6.45, 7) is 1.22. The van der Waals surface area contributed by atoms with Crippen LogP contribution in [0.25, 0.3) is 0 Å². The molecule has 7 heteroatoms. The summed E-state index contributed by atoms with van der Waals surface area (Å²) in [7, 11) is 0. The highest BCUT2D eigenvalue weighted by atomic mass is 19.1. The van der Waals surface area contributed by atoms with Crippen LogP contribution in [0.15, 0.2) is 18.2 Å². The molecule has 0 heterocycles. The zero-order chi connectivity index (χ0) is 13.7. The van der Waals surface area contributed by atoms with E-state index in [1.54, 1.807) is 18.3 Å². The molecule has 0 bridgehead atoms. The van der Waals surface area contributed by atoms with Gasteiger partial charge in [-0.2, -0.15) is 0 Å². The number of carbonyl (C=O) groups excluding carboxylic acids is 2. The minimum absolute atomic E-state index is 0.0981. The SMILES string of the molecule is C[C@H](N)c1ccc(OCC(=O)NC(N)=O)c(F)c1. The summed E-state index contributed by atoms with van der Waals surface area (Å²) in [5, 5.41) is 1.79. The van der Waals surface area contributed by atoms with Crippen molar-refractivity contribution in [1.82, 2.24) is 5.32 Å². The largest absolute Gasteiger partial charge is 0.481 e. The highest BCUT2D eigenvalue weighted by molar-refractivity contribution is 5.94. The molecule has 0 aliphatic rings. The first kappa shape index (κ1) is 13.9. The van der Waals surface area contributed by atoms with Gasteiger partial charge in [0.1, 0.15) is 0 Å². The van der Waals surface area contributed by atoms with E-state index in [1.807, 2.05) is 0 Å². The summed E-state index contributed by atoms with van der Waals surface area (Å²) in [4.78, 5) is 21.4. The lowest BCUT2D eigenvalue weighted by atomic mass is 10.1. The molecule has 1 aromatic carbocycles. The van der Waals surface area contributed by atoms with Gasteiger partial charge in [0.25, 0.3) is 5.91 Å². The molecule has 0 saturated carbocycles. The Hall–Kier alpha value is -2.15. The Kier molecular flexibility index (Phi) is 4.61. The fourth-order valence-corrected chi connectivity index (χ4v) is 1.23. The molecule has 0 aromatic heterocycles. The number of urea groups is 1. The van der Waals surface area contributed by atoms with Gasteiger partial charge in [0.15, 0.2) is 18.2 Å². The summed E-state index contributed by atoms with van der Waals surface area (Å²) in [6, 6.07) is 2.90. The number of benzene rings is 1. The van der Waals surface area contributed by atoms with Crippen molar-refractivity contribution >= 4 is 11.9 Å². The van der Waals surface area contributed by atoms with Crippen LogP contribution in [-0.4, -0.2) is 18.5 Å². The fraction of sp³-hybridized carbons (Fsp3) is 0.273. The zero-order valence-corrected chi connectivity index (χ0v) is 9.77. The molecule has 1 atom stereocenters. The second-order valence-corrected chi connectivity index (χ2v) is 3.68. The Morgan fingerprint density at radius 2 is 2.17 bits per heavy atom. The minimum atomic E-state index is -0.989. The van der Waals surface area contributed by atoms with Gasteiger partial charge in [-0.1, -0.05) is 6.07 Å². The van der Waals surface area contributed by atoms with E-state index in [2.05, 4.69) is 0 Å². The van der Waals surface area contributed by atoms with Crippen LogP contribution in [0, 0.1) is 5.82 Å². The lowest BCUT2D eigenvalue weighted by Crippen LogP contribution is -2.38. The Balaban J connectivity index is 2.63. The van der Waals surface area contributed by atoms with Gasteiger partial charge < -0.3 is 16.2 Å². The predicted octanol–water partition coefficient (Wildman–Crippen LogP) is 0.419. The van der Waals surface area contributed by atoms with Crippen LogP contribution in [0.5, 0.6) is 5.75 Å². The van der Waals surface area contributed by atoms with Crippen LogP contribution >= 0.6 is 0 Å². The Morgan fingerprint density at radius 1 is 1.50 bits per heavy atom. The van der Waals surface area contributed by atoms with Crippen LogP contribution in [0.3, 0.4) is 0 Å². The van der Waals surface area contributed by atoms with E-state index in [0.717, 1.165) is 0 Å². The van der Waals surface area contributed by atoms with Gasteiger partial charge in [0.2, 0.25) is 0 Å². The second kappa shape index (κ2) is 5.97. The van der Waals surface area contributed by atoms with E-state index in [0.29, 0.717) is 5.56 Å². The van der Waals surface area contributed by atoms with Crippen molar-refractivity contribution in [1.29, 1.82) is 0 Å². The molecule has 18 heavy (non-hydrogen) atoms. The predicted molar refractivity (Wildman–Crippen MR) is 62.2 cm³/mol. The number of amides is 3. The average molecular weight is 255 g/mol. The summed E-state index contributed by atoms with van der Waals surface area (Å²) >= 11 is 0. The number of ether oxygens (including phenoxy) is 1. The number of hydrogen-bond acceptors (Lipinski definition) is 4. The molecule has 0 saturated heterocycles. The lowest BCUT2D eigenvalue weighted by Gasteiger charge is -2.09. The van der Waals surface area contributed by atoms with Gasteiger partial charge >= 0.3 is 6.03 Å². The van der Waals surface area contributed by atoms with Crippen molar-refractivity contribution in [3.05, 3.63) is 29.6 Å². The lowest BCUT2D eigenvalue weighted by molar-refractivity contribution is -0.121. The first-order valence-electron chi connectivity index (χ1n) is 5.17. The molecule has 0 spiro atoms. The molecule has 0 unspecified atom stereocenters. The van der Waals surface area contributed by atoms with Gasteiger partial charge in [0, 0.05) is 6.04 Å². The van der Waals surface area contributed by atoms with Crippen molar-refractivity contribution in [2.45, 2.75) is 13.0 Å². The maximum absolute atomic E-state index is 13.5. The molecule has 0 fully saturated rings. The number of nitrogens with two attached hydrogens (primary N) is 2. The quantitative estimate of drug-likeness (QED) is 0.724. The first-order valence-corrected chi connectivity index (χ1v) is 5.17. The molecule has 6 nitrogen and oxygen atoms in total. The molecular formula is C11H14FN3O3. The zero-order valence-electron chi connectivity index (χ0n) is 9.77. The molecule has 1 rings (SSSR count). The van der Waals surface area contributed by atoms with Gasteiger partial charge in [-0.3, -0.25) is 10.1 Å². The van der Waals surface area contributed by atoms with E-state index >= 15 is 0 Å². The molecule has 1 aromatic rings. The van der Waals surface area contributed by atoms with Crippen molar-refractivity contribution in [2.24, 2.45) is 11.5 Å². The standard InChI is InChI=1S/C11H14FN3O3/c1-6(13)7-2-3-9(8(12)4-7)18-5-10(16)15-11(14)17/h2-4,6H,5,13H2,1H3,(H3,14,15,16,17)/t6-/m0/s1. The van der Waals surface area contributed by atoms with Crippen LogP contribution in [-0.2, 0) is 4.79 Å². The molecule has 0 aliphatic carbocycles. The van der Waals surface area contributed by atoms with Crippen LogP contribution in [0.2, 0.25) is 0 Å². The number of halogens is 1. The smallest absolute Gasteiger partial charge is 0.318 e. The third-order valence-corrected chi connectivity index (χ3v) is 2.10. The van der Waals surface area contributed by atoms with Crippen molar-refractivity contribution in [3.63, 3.8) is 0 Å². The second-order valence-electron chi connectivity index (χ2n) is 3.68.